The lowest BCUT2D eigenvalue weighted by Crippen LogP contribution is -2.65. The molecule has 1 saturated heterocycles. The molecule has 2 unspecified atom stereocenters. The van der Waals surface area contributed by atoms with Crippen molar-refractivity contribution < 1.29 is 9.53 Å². The van der Waals surface area contributed by atoms with Crippen molar-refractivity contribution in [3.63, 3.8) is 0 Å². The van der Waals surface area contributed by atoms with Crippen LogP contribution in [0.25, 0.3) is 0 Å². The van der Waals surface area contributed by atoms with Crippen LogP contribution in [0.1, 0.15) is 64.0 Å². The Kier molecular flexibility index (Phi) is 7.75. The standard InChI is InChI=1S/C24H38N4O2/c1-5-24(6-2)20(15-21(24)30-7-3)27-23(25-4)26-16-18-10-12-19(13-11-18)17-28-14-8-9-22(28)29/h10-13,20-21H,5-9,14-17H2,1-4H3,(H2,25,26,27). The van der Waals surface area contributed by atoms with Crippen molar-refractivity contribution in [2.24, 2.45) is 10.4 Å². The zero-order chi connectivity index (χ0) is 21.6. The number of hydrogen-bond donors (Lipinski definition) is 2. The van der Waals surface area contributed by atoms with Crippen LogP contribution in [0.5, 0.6) is 0 Å². The molecule has 1 amide bonds. The third-order valence-corrected chi connectivity index (χ3v) is 7.03. The summed E-state index contributed by atoms with van der Waals surface area (Å²) in [4.78, 5) is 18.2. The lowest BCUT2D eigenvalue weighted by molar-refractivity contribution is -0.133. The predicted molar refractivity (Wildman–Crippen MR) is 121 cm³/mol. The highest BCUT2D eigenvalue weighted by Gasteiger charge is 2.53. The largest absolute Gasteiger partial charge is 0.378 e. The second-order valence-electron chi connectivity index (χ2n) is 8.48. The summed E-state index contributed by atoms with van der Waals surface area (Å²) < 4.78 is 5.99. The molecule has 0 radical (unpaired) electrons. The number of likely N-dealkylation sites (tertiary alicyclic amines) is 1. The summed E-state index contributed by atoms with van der Waals surface area (Å²) in [5, 5.41) is 7.08. The molecule has 2 atom stereocenters. The summed E-state index contributed by atoms with van der Waals surface area (Å²) in [6.07, 6.45) is 5.24. The van der Waals surface area contributed by atoms with Crippen molar-refractivity contribution >= 4 is 11.9 Å². The van der Waals surface area contributed by atoms with Gasteiger partial charge in [0.2, 0.25) is 5.91 Å². The van der Waals surface area contributed by atoms with Crippen LogP contribution in [-0.2, 0) is 22.6 Å². The Labute approximate surface area is 181 Å². The summed E-state index contributed by atoms with van der Waals surface area (Å²) in [7, 11) is 1.82. The highest BCUT2D eigenvalue weighted by atomic mass is 16.5. The van der Waals surface area contributed by atoms with Crippen molar-refractivity contribution in [3.05, 3.63) is 35.4 Å². The quantitative estimate of drug-likeness (QED) is 0.480. The summed E-state index contributed by atoms with van der Waals surface area (Å²) >= 11 is 0. The van der Waals surface area contributed by atoms with Crippen molar-refractivity contribution in [3.8, 4) is 0 Å². The van der Waals surface area contributed by atoms with E-state index in [-0.39, 0.29) is 11.3 Å². The van der Waals surface area contributed by atoms with Crippen molar-refractivity contribution in [2.45, 2.75) is 78.1 Å². The first kappa shape index (κ1) is 22.6. The highest BCUT2D eigenvalue weighted by molar-refractivity contribution is 5.80. The Morgan fingerprint density at radius 2 is 1.90 bits per heavy atom. The number of carbonyl (C=O) groups is 1. The number of aliphatic imine (C=N–C) groups is 1. The average molecular weight is 415 g/mol. The van der Waals surface area contributed by atoms with E-state index in [1.54, 1.807) is 0 Å². The van der Waals surface area contributed by atoms with Gasteiger partial charge in [-0.2, -0.15) is 0 Å². The SMILES string of the molecule is CCOC1CC(NC(=NC)NCc2ccc(CN3CCCC3=O)cc2)C1(CC)CC. The maximum absolute atomic E-state index is 11.8. The van der Waals surface area contributed by atoms with E-state index >= 15 is 0 Å². The number of nitrogens with zero attached hydrogens (tertiary/aromatic N) is 2. The number of guanidine groups is 1. The number of rotatable bonds is 9. The van der Waals surface area contributed by atoms with Gasteiger partial charge in [-0.1, -0.05) is 38.1 Å². The minimum atomic E-state index is 0.183. The van der Waals surface area contributed by atoms with Gasteiger partial charge < -0.3 is 20.3 Å². The second kappa shape index (κ2) is 10.3. The van der Waals surface area contributed by atoms with E-state index in [1.165, 1.54) is 11.1 Å². The van der Waals surface area contributed by atoms with Crippen LogP contribution in [0.2, 0.25) is 0 Å². The molecule has 1 aromatic rings. The molecule has 1 aliphatic carbocycles. The highest BCUT2D eigenvalue weighted by Crippen LogP contribution is 2.48. The molecule has 0 aromatic heterocycles. The molecule has 0 spiro atoms. The van der Waals surface area contributed by atoms with Crippen LogP contribution in [0.3, 0.4) is 0 Å². The number of carbonyl (C=O) groups excluding carboxylic acids is 1. The van der Waals surface area contributed by atoms with E-state index in [0.29, 0.717) is 25.1 Å². The molecule has 2 N–H and O–H groups in total. The number of nitrogens with one attached hydrogen (secondary N) is 2. The first-order valence-corrected chi connectivity index (χ1v) is 11.5. The van der Waals surface area contributed by atoms with Gasteiger partial charge in [0.25, 0.3) is 0 Å². The fourth-order valence-corrected chi connectivity index (χ4v) is 4.98. The monoisotopic (exact) mass is 414 g/mol. The minimum Gasteiger partial charge on any atom is -0.378 e. The smallest absolute Gasteiger partial charge is 0.222 e. The molecular formula is C24H38N4O2. The van der Waals surface area contributed by atoms with Gasteiger partial charge in [-0.3, -0.25) is 9.79 Å². The summed E-state index contributed by atoms with van der Waals surface area (Å²) in [6, 6.07) is 8.89. The van der Waals surface area contributed by atoms with E-state index in [4.69, 9.17) is 4.74 Å². The lowest BCUT2D eigenvalue weighted by Gasteiger charge is -2.55. The van der Waals surface area contributed by atoms with Crippen molar-refractivity contribution in [2.75, 3.05) is 20.2 Å². The maximum Gasteiger partial charge on any atom is 0.222 e. The molecule has 1 heterocycles. The Hall–Kier alpha value is -2.08. The zero-order valence-corrected chi connectivity index (χ0v) is 19.0. The van der Waals surface area contributed by atoms with Crippen LogP contribution in [-0.4, -0.2) is 49.1 Å². The zero-order valence-electron chi connectivity index (χ0n) is 19.0. The summed E-state index contributed by atoms with van der Waals surface area (Å²) in [6.45, 7) is 9.68. The van der Waals surface area contributed by atoms with Gasteiger partial charge in [0.15, 0.2) is 5.96 Å². The van der Waals surface area contributed by atoms with E-state index in [0.717, 1.165) is 51.3 Å². The van der Waals surface area contributed by atoms with Crippen LogP contribution < -0.4 is 10.6 Å². The van der Waals surface area contributed by atoms with Crippen LogP contribution in [0, 0.1) is 5.41 Å². The van der Waals surface area contributed by atoms with Crippen molar-refractivity contribution in [1.82, 2.24) is 15.5 Å². The molecule has 1 aromatic carbocycles. The Morgan fingerprint density at radius 3 is 2.47 bits per heavy atom. The van der Waals surface area contributed by atoms with Gasteiger partial charge >= 0.3 is 0 Å². The van der Waals surface area contributed by atoms with E-state index in [2.05, 4.69) is 60.7 Å². The van der Waals surface area contributed by atoms with Crippen LogP contribution in [0.15, 0.2) is 29.3 Å². The van der Waals surface area contributed by atoms with E-state index in [9.17, 15) is 4.79 Å². The minimum absolute atomic E-state index is 0.183. The number of hydrogen-bond acceptors (Lipinski definition) is 3. The fourth-order valence-electron chi connectivity index (χ4n) is 4.98. The second-order valence-corrected chi connectivity index (χ2v) is 8.48. The maximum atomic E-state index is 11.8. The van der Waals surface area contributed by atoms with E-state index in [1.807, 2.05) is 11.9 Å². The Morgan fingerprint density at radius 1 is 1.20 bits per heavy atom. The number of ether oxygens (including phenoxy) is 1. The molecule has 6 nitrogen and oxygen atoms in total. The first-order valence-electron chi connectivity index (χ1n) is 11.5. The summed E-state index contributed by atoms with van der Waals surface area (Å²) in [5.41, 5.74) is 2.57. The van der Waals surface area contributed by atoms with Gasteiger partial charge in [-0.25, -0.2) is 0 Å². The fraction of sp³-hybridized carbons (Fsp3) is 0.667. The molecule has 1 saturated carbocycles. The average Bonchev–Trinajstić information content (AvgIpc) is 3.16. The van der Waals surface area contributed by atoms with Crippen molar-refractivity contribution in [1.29, 1.82) is 0 Å². The molecule has 3 rings (SSSR count). The van der Waals surface area contributed by atoms with Crippen LogP contribution >= 0.6 is 0 Å². The molecule has 166 valence electrons. The number of amides is 1. The topological polar surface area (TPSA) is 66.0 Å². The molecule has 2 aliphatic rings. The third-order valence-electron chi connectivity index (χ3n) is 7.03. The Bertz CT molecular complexity index is 727. The molecule has 1 aliphatic heterocycles. The van der Waals surface area contributed by atoms with Gasteiger partial charge in [0.1, 0.15) is 0 Å². The number of benzene rings is 1. The van der Waals surface area contributed by atoms with Gasteiger partial charge in [-0.05, 0) is 43.7 Å². The molecule has 0 bridgehead atoms. The Balaban J connectivity index is 1.51. The first-order chi connectivity index (χ1) is 14.6. The molecule has 6 heteroatoms. The predicted octanol–water partition coefficient (Wildman–Crippen LogP) is 3.46. The van der Waals surface area contributed by atoms with Crippen LogP contribution in [0.4, 0.5) is 0 Å². The third kappa shape index (κ3) is 4.80. The normalized spacial score (nSPS) is 23.4. The van der Waals surface area contributed by atoms with Gasteiger partial charge in [0.05, 0.1) is 6.10 Å². The van der Waals surface area contributed by atoms with Gasteiger partial charge in [-0.15, -0.1) is 0 Å². The van der Waals surface area contributed by atoms with E-state index < -0.39 is 0 Å². The molecular weight excluding hydrogens is 376 g/mol. The summed E-state index contributed by atoms with van der Waals surface area (Å²) in [5.74, 6) is 1.11. The lowest BCUT2D eigenvalue weighted by atomic mass is 9.58. The molecule has 30 heavy (non-hydrogen) atoms. The van der Waals surface area contributed by atoms with Gasteiger partial charge in [0, 0.05) is 51.2 Å². The molecule has 2 fully saturated rings.